The van der Waals surface area contributed by atoms with Gasteiger partial charge in [-0.15, -0.1) is 11.3 Å². The number of rotatable bonds is 3. The summed E-state index contributed by atoms with van der Waals surface area (Å²) in [4.78, 5) is 1.24. The van der Waals surface area contributed by atoms with Gasteiger partial charge in [-0.3, -0.25) is 9.40 Å². The third-order valence-electron chi connectivity index (χ3n) is 2.63. The number of nitrogens with one attached hydrogen (secondary N) is 1. The maximum absolute atomic E-state index is 12.8. The summed E-state index contributed by atoms with van der Waals surface area (Å²) in [5.74, 6) is 0. The number of thiophene rings is 1. The zero-order valence-electron chi connectivity index (χ0n) is 11.3. The van der Waals surface area contributed by atoms with Gasteiger partial charge in [-0.2, -0.15) is 18.3 Å². The fourth-order valence-corrected chi connectivity index (χ4v) is 4.45. The molecule has 0 atom stereocenters. The van der Waals surface area contributed by atoms with Crippen molar-refractivity contribution in [2.24, 2.45) is 7.05 Å². The number of aryl methyl sites for hydroxylation is 3. The van der Waals surface area contributed by atoms with Crippen LogP contribution in [-0.2, 0) is 23.2 Å². The maximum atomic E-state index is 12.8. The van der Waals surface area contributed by atoms with Crippen molar-refractivity contribution in [2.75, 3.05) is 4.72 Å². The molecule has 0 aliphatic rings. The molecule has 0 saturated heterocycles. The lowest BCUT2D eigenvalue weighted by Gasteiger charge is -2.09. The molecule has 0 amide bonds. The summed E-state index contributed by atoms with van der Waals surface area (Å²) < 4.78 is 65.7. The lowest BCUT2D eigenvalue weighted by Crippen LogP contribution is -2.16. The van der Waals surface area contributed by atoms with Crippen molar-refractivity contribution in [3.63, 3.8) is 0 Å². The van der Waals surface area contributed by atoms with Crippen LogP contribution in [0.3, 0.4) is 0 Å². The van der Waals surface area contributed by atoms with Gasteiger partial charge in [0.2, 0.25) is 0 Å². The Kier molecular flexibility index (Phi) is 3.79. The zero-order chi connectivity index (χ0) is 16.0. The molecule has 21 heavy (non-hydrogen) atoms. The molecule has 2 aromatic rings. The molecular weight excluding hydrogens is 327 g/mol. The van der Waals surface area contributed by atoms with Gasteiger partial charge in [0, 0.05) is 23.0 Å². The largest absolute Gasteiger partial charge is 0.437 e. The van der Waals surface area contributed by atoms with Crippen LogP contribution in [0.15, 0.2) is 17.2 Å². The number of aromatic nitrogens is 2. The van der Waals surface area contributed by atoms with Crippen LogP contribution in [0.1, 0.15) is 15.4 Å². The van der Waals surface area contributed by atoms with Crippen molar-refractivity contribution in [1.82, 2.24) is 9.78 Å². The normalized spacial score (nSPS) is 12.7. The van der Waals surface area contributed by atoms with E-state index in [1.807, 2.05) is 4.72 Å². The number of hydrogen-bond acceptors (Lipinski definition) is 4. The smallest absolute Gasteiger partial charge is 0.276 e. The second-order valence-corrected chi connectivity index (χ2v) is 7.56. The standard InChI is InChI=1S/C11H12F3N3O2S2/c1-6-4-9(7(2)20-6)21(18,19)16-8-5-17(3)15-10(8)11(12,13)14/h4-5,16H,1-3H3. The Morgan fingerprint density at radius 2 is 1.95 bits per heavy atom. The van der Waals surface area contributed by atoms with Crippen LogP contribution in [0.4, 0.5) is 18.9 Å². The fourth-order valence-electron chi connectivity index (χ4n) is 1.85. The van der Waals surface area contributed by atoms with Gasteiger partial charge < -0.3 is 0 Å². The van der Waals surface area contributed by atoms with Crippen LogP contribution in [0, 0.1) is 13.8 Å². The zero-order valence-corrected chi connectivity index (χ0v) is 12.9. The summed E-state index contributed by atoms with van der Waals surface area (Å²) in [6, 6.07) is 1.42. The fraction of sp³-hybridized carbons (Fsp3) is 0.364. The number of nitrogens with zero attached hydrogens (tertiary/aromatic N) is 2. The maximum Gasteiger partial charge on any atom is 0.437 e. The van der Waals surface area contributed by atoms with Gasteiger partial charge in [0.15, 0.2) is 5.69 Å². The van der Waals surface area contributed by atoms with Gasteiger partial charge in [-0.05, 0) is 19.9 Å². The number of anilines is 1. The highest BCUT2D eigenvalue weighted by molar-refractivity contribution is 7.93. The van der Waals surface area contributed by atoms with Crippen molar-refractivity contribution < 1.29 is 21.6 Å². The second-order valence-electron chi connectivity index (χ2n) is 4.45. The topological polar surface area (TPSA) is 64.0 Å². The Hall–Kier alpha value is -1.55. The predicted octanol–water partition coefficient (Wildman–Crippen LogP) is 2.92. The number of hydrogen-bond donors (Lipinski definition) is 1. The molecule has 0 fully saturated rings. The molecule has 2 heterocycles. The molecule has 0 radical (unpaired) electrons. The Balaban J connectivity index is 2.45. The van der Waals surface area contributed by atoms with E-state index in [2.05, 4.69) is 5.10 Å². The first-order valence-corrected chi connectivity index (χ1v) is 8.01. The highest BCUT2D eigenvalue weighted by Gasteiger charge is 2.38. The summed E-state index contributed by atoms with van der Waals surface area (Å²) in [6.45, 7) is 3.32. The minimum atomic E-state index is -4.74. The van der Waals surface area contributed by atoms with Crippen LogP contribution in [0.2, 0.25) is 0 Å². The molecule has 0 aromatic carbocycles. The lowest BCUT2D eigenvalue weighted by molar-refractivity contribution is -0.140. The predicted molar refractivity (Wildman–Crippen MR) is 72.8 cm³/mol. The minimum Gasteiger partial charge on any atom is -0.276 e. The molecular formula is C11H12F3N3O2S2. The molecule has 0 spiro atoms. The Bertz CT molecular complexity index is 775. The van der Waals surface area contributed by atoms with Gasteiger partial charge in [-0.25, -0.2) is 8.42 Å². The Morgan fingerprint density at radius 3 is 2.43 bits per heavy atom. The molecule has 2 aromatic heterocycles. The average Bonchev–Trinajstić information content (AvgIpc) is 2.80. The third-order valence-corrected chi connectivity index (χ3v) is 5.21. The number of alkyl halides is 3. The first-order chi connectivity index (χ1) is 9.50. The van der Waals surface area contributed by atoms with Gasteiger partial charge in [-0.1, -0.05) is 0 Å². The van der Waals surface area contributed by atoms with Crippen LogP contribution < -0.4 is 4.72 Å². The van der Waals surface area contributed by atoms with E-state index in [9.17, 15) is 21.6 Å². The Labute approximate surface area is 123 Å². The van der Waals surface area contributed by atoms with E-state index >= 15 is 0 Å². The van der Waals surface area contributed by atoms with E-state index in [1.54, 1.807) is 13.8 Å². The first kappa shape index (κ1) is 15.8. The molecule has 0 unspecified atom stereocenters. The minimum absolute atomic E-state index is 0.0259. The van der Waals surface area contributed by atoms with Crippen LogP contribution in [0.25, 0.3) is 0 Å². The monoisotopic (exact) mass is 339 g/mol. The van der Waals surface area contributed by atoms with Crippen LogP contribution in [-0.4, -0.2) is 18.2 Å². The summed E-state index contributed by atoms with van der Waals surface area (Å²) in [5.41, 5.74) is -1.86. The highest BCUT2D eigenvalue weighted by Crippen LogP contribution is 2.35. The van der Waals surface area contributed by atoms with E-state index in [4.69, 9.17) is 0 Å². The van der Waals surface area contributed by atoms with Crippen molar-refractivity contribution in [1.29, 1.82) is 0 Å². The number of halogens is 3. The van der Waals surface area contributed by atoms with Crippen LogP contribution >= 0.6 is 11.3 Å². The van der Waals surface area contributed by atoms with Crippen molar-refractivity contribution in [3.8, 4) is 0 Å². The van der Waals surface area contributed by atoms with E-state index < -0.39 is 27.6 Å². The molecule has 0 aliphatic heterocycles. The molecule has 1 N–H and O–H groups in total. The van der Waals surface area contributed by atoms with Gasteiger partial charge in [0.05, 0.1) is 5.69 Å². The molecule has 0 saturated carbocycles. The summed E-state index contributed by atoms with van der Waals surface area (Å²) >= 11 is 1.26. The molecule has 2 rings (SSSR count). The van der Waals surface area contributed by atoms with Gasteiger partial charge in [0.25, 0.3) is 10.0 Å². The first-order valence-electron chi connectivity index (χ1n) is 5.71. The van der Waals surface area contributed by atoms with Gasteiger partial charge >= 0.3 is 6.18 Å². The molecule has 116 valence electrons. The van der Waals surface area contributed by atoms with Crippen LogP contribution in [0.5, 0.6) is 0 Å². The summed E-state index contributed by atoms with van der Waals surface area (Å²) in [5, 5.41) is 3.25. The molecule has 0 aliphatic carbocycles. The highest BCUT2D eigenvalue weighted by atomic mass is 32.2. The second kappa shape index (κ2) is 5.02. The number of sulfonamides is 1. The van der Waals surface area contributed by atoms with E-state index in [0.717, 1.165) is 15.8 Å². The summed E-state index contributed by atoms with van der Waals surface area (Å²) in [6.07, 6.45) is -3.76. The van der Waals surface area contributed by atoms with E-state index in [0.29, 0.717) is 4.88 Å². The molecule has 5 nitrogen and oxygen atoms in total. The molecule has 0 bridgehead atoms. The molecule has 10 heteroatoms. The lowest BCUT2D eigenvalue weighted by atomic mass is 10.4. The van der Waals surface area contributed by atoms with Crippen molar-refractivity contribution in [3.05, 3.63) is 27.7 Å². The van der Waals surface area contributed by atoms with E-state index in [1.165, 1.54) is 24.5 Å². The van der Waals surface area contributed by atoms with Crippen molar-refractivity contribution in [2.45, 2.75) is 24.9 Å². The Morgan fingerprint density at radius 1 is 1.33 bits per heavy atom. The third kappa shape index (κ3) is 3.21. The van der Waals surface area contributed by atoms with Gasteiger partial charge in [0.1, 0.15) is 4.90 Å². The van der Waals surface area contributed by atoms with E-state index in [-0.39, 0.29) is 4.90 Å². The summed E-state index contributed by atoms with van der Waals surface area (Å²) in [7, 11) is -2.80. The quantitative estimate of drug-likeness (QED) is 0.935. The SMILES string of the molecule is Cc1cc(S(=O)(=O)Nc2cn(C)nc2C(F)(F)F)c(C)s1. The average molecular weight is 339 g/mol. The van der Waals surface area contributed by atoms with Crippen molar-refractivity contribution >= 4 is 27.0 Å².